The third-order valence-electron chi connectivity index (χ3n) is 3.47. The first-order valence-electron chi connectivity index (χ1n) is 7.68. The highest BCUT2D eigenvalue weighted by molar-refractivity contribution is 5.50. The summed E-state index contributed by atoms with van der Waals surface area (Å²) in [7, 11) is 0. The largest absolute Gasteiger partial charge is 0.491 e. The van der Waals surface area contributed by atoms with Gasteiger partial charge in [-0.1, -0.05) is 24.3 Å². The fraction of sp³-hybridized carbons (Fsp3) is 0.222. The first kappa shape index (κ1) is 15.7. The van der Waals surface area contributed by atoms with E-state index < -0.39 is 0 Å². The predicted molar refractivity (Wildman–Crippen MR) is 90.1 cm³/mol. The highest BCUT2D eigenvalue weighted by atomic mass is 16.5. The molecule has 0 radical (unpaired) electrons. The van der Waals surface area contributed by atoms with Gasteiger partial charge in [0.2, 0.25) is 5.82 Å². The van der Waals surface area contributed by atoms with E-state index in [0.717, 1.165) is 22.6 Å². The second kappa shape index (κ2) is 6.92. The quantitative estimate of drug-likeness (QED) is 0.835. The highest BCUT2D eigenvalue weighted by Gasteiger charge is 2.17. The second-order valence-corrected chi connectivity index (χ2v) is 5.61. The van der Waals surface area contributed by atoms with Crippen molar-refractivity contribution < 1.29 is 4.74 Å². The minimum Gasteiger partial charge on any atom is -0.491 e. The Labute approximate surface area is 140 Å². The van der Waals surface area contributed by atoms with Crippen LogP contribution in [0, 0.1) is 11.3 Å². The lowest BCUT2D eigenvalue weighted by Crippen LogP contribution is -2.04. The second-order valence-electron chi connectivity index (χ2n) is 5.61. The molecular formula is C18H17N5O. The molecule has 2 aliphatic rings. The van der Waals surface area contributed by atoms with E-state index in [2.05, 4.69) is 20.2 Å². The average molecular weight is 319 g/mol. The number of aromatic amines is 1. The van der Waals surface area contributed by atoms with Gasteiger partial charge in [-0.3, -0.25) is 0 Å². The molecule has 0 atom stereocenters. The summed E-state index contributed by atoms with van der Waals surface area (Å²) < 4.78 is 5.90. The van der Waals surface area contributed by atoms with Crippen molar-refractivity contribution in [3.8, 4) is 6.07 Å². The molecule has 2 bridgehead atoms. The maximum absolute atomic E-state index is 9.00. The molecule has 1 N–H and O–H groups in total. The van der Waals surface area contributed by atoms with Crippen LogP contribution in [0.5, 0.6) is 0 Å². The third kappa shape index (κ3) is 3.41. The van der Waals surface area contributed by atoms with Gasteiger partial charge in [0.1, 0.15) is 11.8 Å². The van der Waals surface area contributed by atoms with Gasteiger partial charge in [0, 0.05) is 6.42 Å². The molecule has 1 aromatic rings. The number of aromatic nitrogens is 2. The van der Waals surface area contributed by atoms with Gasteiger partial charge in [-0.05, 0) is 37.1 Å². The van der Waals surface area contributed by atoms with Crippen LogP contribution in [-0.4, -0.2) is 16.1 Å². The van der Waals surface area contributed by atoms with E-state index in [1.54, 1.807) is 0 Å². The number of nitriles is 1. The number of fused-ring (bicyclic) bond motifs is 2. The van der Waals surface area contributed by atoms with Crippen LogP contribution in [0.15, 0.2) is 75.6 Å². The molecule has 0 saturated heterocycles. The van der Waals surface area contributed by atoms with Crippen LogP contribution in [0.4, 0.5) is 5.82 Å². The molecule has 120 valence electrons. The van der Waals surface area contributed by atoms with Gasteiger partial charge in [-0.25, -0.2) is 4.98 Å². The van der Waals surface area contributed by atoms with E-state index >= 15 is 0 Å². The molecule has 0 amide bonds. The number of azo groups is 1. The lowest BCUT2D eigenvalue weighted by molar-refractivity contribution is 0.153. The van der Waals surface area contributed by atoms with E-state index in [1.807, 2.05) is 56.4 Å². The van der Waals surface area contributed by atoms with Crippen LogP contribution >= 0.6 is 0 Å². The molecule has 0 spiro atoms. The van der Waals surface area contributed by atoms with Crippen LogP contribution in [0.3, 0.4) is 0 Å². The highest BCUT2D eigenvalue weighted by Crippen LogP contribution is 2.32. The fourth-order valence-electron chi connectivity index (χ4n) is 2.39. The molecule has 1 heterocycles. The van der Waals surface area contributed by atoms with Crippen LogP contribution in [-0.2, 0) is 4.74 Å². The van der Waals surface area contributed by atoms with Crippen LogP contribution in [0.2, 0.25) is 0 Å². The molecule has 1 aromatic heterocycles. The Balaban J connectivity index is 1.94. The number of hydrogen-bond donors (Lipinski definition) is 1. The molecular weight excluding hydrogens is 302 g/mol. The van der Waals surface area contributed by atoms with E-state index in [0.29, 0.717) is 12.1 Å². The van der Waals surface area contributed by atoms with E-state index in [9.17, 15) is 0 Å². The Morgan fingerprint density at radius 2 is 1.96 bits per heavy atom. The van der Waals surface area contributed by atoms with E-state index in [1.165, 1.54) is 6.33 Å². The summed E-state index contributed by atoms with van der Waals surface area (Å²) in [6, 6.07) is 2.00. The number of ether oxygens (including phenoxy) is 1. The van der Waals surface area contributed by atoms with Crippen molar-refractivity contribution in [1.82, 2.24) is 9.97 Å². The Kier molecular flexibility index (Phi) is 4.52. The minimum atomic E-state index is 0.0932. The zero-order chi connectivity index (χ0) is 16.9. The van der Waals surface area contributed by atoms with Crippen LogP contribution in [0.25, 0.3) is 0 Å². The number of allylic oxidation sites excluding steroid dienone is 8. The molecule has 0 unspecified atom stereocenters. The molecule has 24 heavy (non-hydrogen) atoms. The molecule has 0 aromatic carbocycles. The molecule has 2 aliphatic carbocycles. The smallest absolute Gasteiger partial charge is 0.210 e. The molecule has 6 nitrogen and oxygen atoms in total. The van der Waals surface area contributed by atoms with Gasteiger partial charge < -0.3 is 9.72 Å². The van der Waals surface area contributed by atoms with Crippen molar-refractivity contribution in [2.75, 3.05) is 0 Å². The summed E-state index contributed by atoms with van der Waals surface area (Å²) in [5, 5.41) is 17.4. The molecule has 0 fully saturated rings. The number of H-pyrrole nitrogens is 1. The third-order valence-corrected chi connectivity index (χ3v) is 3.47. The number of imidazole rings is 1. The van der Waals surface area contributed by atoms with Crippen molar-refractivity contribution in [1.29, 1.82) is 5.26 Å². The maximum atomic E-state index is 9.00. The SMILES string of the molecule is CC(C)OC1=CC=C(N=Nc2nc[nH]c2C#N)C2=CC=CC=C1C2. The van der Waals surface area contributed by atoms with Gasteiger partial charge >= 0.3 is 0 Å². The lowest BCUT2D eigenvalue weighted by atomic mass is 10.0. The van der Waals surface area contributed by atoms with Crippen LogP contribution in [0.1, 0.15) is 26.0 Å². The van der Waals surface area contributed by atoms with Crippen molar-refractivity contribution >= 4 is 5.82 Å². The first-order valence-corrected chi connectivity index (χ1v) is 7.68. The van der Waals surface area contributed by atoms with Gasteiger partial charge in [-0.15, -0.1) is 10.2 Å². The summed E-state index contributed by atoms with van der Waals surface area (Å²) >= 11 is 0. The molecule has 3 rings (SSSR count). The number of nitrogens with zero attached hydrogens (tertiary/aromatic N) is 4. The van der Waals surface area contributed by atoms with Crippen LogP contribution < -0.4 is 0 Å². The summed E-state index contributed by atoms with van der Waals surface area (Å²) in [4.78, 5) is 6.72. The van der Waals surface area contributed by atoms with Gasteiger partial charge in [-0.2, -0.15) is 5.26 Å². The number of hydrogen-bond acceptors (Lipinski definition) is 5. The van der Waals surface area contributed by atoms with Gasteiger partial charge in [0.05, 0.1) is 18.1 Å². The standard InChI is InChI=1S/C18H17N5O/c1-12(2)24-17-8-7-15(13-5-3-4-6-14(17)9-13)22-23-18-16(10-19)20-11-21-18/h3-8,11-12H,9H2,1-2H3,(H,20,21). The van der Waals surface area contributed by atoms with Crippen molar-refractivity contribution in [3.05, 3.63) is 71.1 Å². The maximum Gasteiger partial charge on any atom is 0.210 e. The van der Waals surface area contributed by atoms with E-state index in [4.69, 9.17) is 10.00 Å². The monoisotopic (exact) mass is 319 g/mol. The van der Waals surface area contributed by atoms with Gasteiger partial charge in [0.15, 0.2) is 5.69 Å². The number of nitrogens with one attached hydrogen (secondary N) is 1. The van der Waals surface area contributed by atoms with Crippen molar-refractivity contribution in [2.45, 2.75) is 26.4 Å². The summed E-state index contributed by atoms with van der Waals surface area (Å²) in [5.74, 6) is 1.12. The topological polar surface area (TPSA) is 86.4 Å². The molecule has 0 saturated carbocycles. The Morgan fingerprint density at radius 1 is 1.17 bits per heavy atom. The zero-order valence-electron chi connectivity index (χ0n) is 13.5. The molecule has 6 heteroatoms. The Hall–Kier alpha value is -3.20. The molecule has 0 aliphatic heterocycles. The summed E-state index contributed by atoms with van der Waals surface area (Å²) in [6.07, 6.45) is 14.0. The van der Waals surface area contributed by atoms with Crippen molar-refractivity contribution in [3.63, 3.8) is 0 Å². The minimum absolute atomic E-state index is 0.0932. The zero-order valence-corrected chi connectivity index (χ0v) is 13.5. The number of rotatable bonds is 4. The van der Waals surface area contributed by atoms with E-state index in [-0.39, 0.29) is 11.9 Å². The fourth-order valence-corrected chi connectivity index (χ4v) is 2.39. The normalized spacial score (nSPS) is 16.8. The lowest BCUT2D eigenvalue weighted by Gasteiger charge is -2.15. The summed E-state index contributed by atoms with van der Waals surface area (Å²) in [5.41, 5.74) is 3.15. The van der Waals surface area contributed by atoms with Gasteiger partial charge in [0.25, 0.3) is 0 Å². The first-order chi connectivity index (χ1) is 11.7. The predicted octanol–water partition coefficient (Wildman–Crippen LogP) is 4.38. The van der Waals surface area contributed by atoms with Crippen molar-refractivity contribution in [2.24, 2.45) is 10.2 Å². The Morgan fingerprint density at radius 3 is 2.71 bits per heavy atom. The Bertz CT molecular complexity index is 856. The summed E-state index contributed by atoms with van der Waals surface area (Å²) in [6.45, 7) is 4.00. The average Bonchev–Trinajstić information content (AvgIpc) is 2.79.